The summed E-state index contributed by atoms with van der Waals surface area (Å²) >= 11 is 0. The Morgan fingerprint density at radius 1 is 1.10 bits per heavy atom. The number of amides is 1. The number of fused-ring (bicyclic) bond motifs is 3. The Hall–Kier alpha value is -2.13. The molecule has 1 aliphatic carbocycles. The van der Waals surface area contributed by atoms with E-state index in [2.05, 4.69) is 36.4 Å². The number of aliphatic hydroxyl groups is 1. The van der Waals surface area contributed by atoms with Crippen LogP contribution in [-0.2, 0) is 11.2 Å². The summed E-state index contributed by atoms with van der Waals surface area (Å²) in [6, 6.07) is 14.7. The van der Waals surface area contributed by atoms with Gasteiger partial charge in [-0.15, -0.1) is 0 Å². The molecule has 106 valence electrons. The number of hydrogen-bond donors (Lipinski definition) is 1. The number of carbonyl (C=O) groups excluding carboxylic acids is 1. The van der Waals surface area contributed by atoms with Crippen molar-refractivity contribution in [3.63, 3.8) is 0 Å². The Morgan fingerprint density at radius 2 is 1.90 bits per heavy atom. The minimum absolute atomic E-state index is 0.0722. The van der Waals surface area contributed by atoms with Gasteiger partial charge in [0.25, 0.3) is 0 Å². The molecule has 21 heavy (non-hydrogen) atoms. The summed E-state index contributed by atoms with van der Waals surface area (Å²) in [5.41, 5.74) is 6.18. The molecule has 0 spiro atoms. The second-order valence-electron chi connectivity index (χ2n) is 5.93. The van der Waals surface area contributed by atoms with Crippen LogP contribution >= 0.6 is 0 Å². The van der Waals surface area contributed by atoms with Gasteiger partial charge in [-0.3, -0.25) is 4.79 Å². The number of rotatable bonds is 2. The zero-order valence-corrected chi connectivity index (χ0v) is 11.7. The molecule has 2 aromatic rings. The van der Waals surface area contributed by atoms with Gasteiger partial charge in [0.1, 0.15) is 0 Å². The monoisotopic (exact) mass is 279 g/mol. The first-order chi connectivity index (χ1) is 10.3. The van der Waals surface area contributed by atoms with Gasteiger partial charge >= 0.3 is 0 Å². The summed E-state index contributed by atoms with van der Waals surface area (Å²) in [6.07, 6.45) is 1.39. The molecule has 3 heteroatoms. The predicted octanol–water partition coefficient (Wildman–Crippen LogP) is 2.60. The molecule has 0 radical (unpaired) electrons. The summed E-state index contributed by atoms with van der Waals surface area (Å²) in [5.74, 6) is 0.187. The molecule has 1 atom stereocenters. The van der Waals surface area contributed by atoms with Crippen molar-refractivity contribution in [3.05, 3.63) is 53.6 Å². The minimum Gasteiger partial charge on any atom is -0.396 e. The van der Waals surface area contributed by atoms with Crippen molar-refractivity contribution in [1.29, 1.82) is 0 Å². The van der Waals surface area contributed by atoms with Crippen LogP contribution in [-0.4, -0.2) is 24.2 Å². The fourth-order valence-corrected chi connectivity index (χ4v) is 3.45. The van der Waals surface area contributed by atoms with E-state index in [0.29, 0.717) is 13.0 Å². The van der Waals surface area contributed by atoms with Crippen LogP contribution in [0.3, 0.4) is 0 Å². The summed E-state index contributed by atoms with van der Waals surface area (Å²) in [4.78, 5) is 13.9. The molecule has 0 aromatic heterocycles. The molecule has 1 heterocycles. The smallest absolute Gasteiger partial charge is 0.227 e. The minimum atomic E-state index is 0.0722. The van der Waals surface area contributed by atoms with E-state index in [0.717, 1.165) is 12.1 Å². The topological polar surface area (TPSA) is 40.5 Å². The van der Waals surface area contributed by atoms with Gasteiger partial charge in [-0.05, 0) is 40.8 Å². The van der Waals surface area contributed by atoms with E-state index >= 15 is 0 Å². The highest BCUT2D eigenvalue weighted by Crippen LogP contribution is 2.39. The molecule has 1 aliphatic heterocycles. The van der Waals surface area contributed by atoms with Crippen LogP contribution in [0.2, 0.25) is 0 Å². The standard InChI is InChI=1S/C18H17NO2/c20-11-12-7-18(21)19(10-12)15-5-6-17-14(9-15)8-13-3-1-2-4-16(13)17/h1-6,9,12,20H,7-8,10-11H2. The van der Waals surface area contributed by atoms with Crippen LogP contribution in [0.4, 0.5) is 5.69 Å². The lowest BCUT2D eigenvalue weighted by Crippen LogP contribution is -2.24. The zero-order valence-electron chi connectivity index (χ0n) is 11.7. The summed E-state index contributed by atoms with van der Waals surface area (Å²) < 4.78 is 0. The van der Waals surface area contributed by atoms with Gasteiger partial charge in [-0.25, -0.2) is 0 Å². The maximum Gasteiger partial charge on any atom is 0.227 e. The van der Waals surface area contributed by atoms with Gasteiger partial charge in [-0.1, -0.05) is 30.3 Å². The first-order valence-corrected chi connectivity index (χ1v) is 7.38. The first kappa shape index (κ1) is 12.6. The molecule has 1 amide bonds. The highest BCUT2D eigenvalue weighted by atomic mass is 16.3. The van der Waals surface area contributed by atoms with E-state index in [1.54, 1.807) is 0 Å². The van der Waals surface area contributed by atoms with E-state index in [1.807, 2.05) is 11.0 Å². The van der Waals surface area contributed by atoms with E-state index in [1.165, 1.54) is 22.3 Å². The first-order valence-electron chi connectivity index (χ1n) is 7.38. The maximum absolute atomic E-state index is 12.1. The number of anilines is 1. The third kappa shape index (κ3) is 1.96. The lowest BCUT2D eigenvalue weighted by atomic mass is 10.1. The fraction of sp³-hybridized carbons (Fsp3) is 0.278. The summed E-state index contributed by atoms with van der Waals surface area (Å²) in [5, 5.41) is 9.24. The lowest BCUT2D eigenvalue weighted by molar-refractivity contribution is -0.117. The Kier molecular flexibility index (Phi) is 2.82. The highest BCUT2D eigenvalue weighted by molar-refractivity contribution is 5.96. The SMILES string of the molecule is O=C1CC(CO)CN1c1ccc2c(c1)Cc1ccccc1-2. The Bertz CT molecular complexity index is 723. The van der Waals surface area contributed by atoms with E-state index < -0.39 is 0 Å². The zero-order chi connectivity index (χ0) is 14.4. The van der Waals surface area contributed by atoms with Crippen LogP contribution in [0.5, 0.6) is 0 Å². The largest absolute Gasteiger partial charge is 0.396 e. The van der Waals surface area contributed by atoms with Crippen molar-refractivity contribution in [2.45, 2.75) is 12.8 Å². The van der Waals surface area contributed by atoms with Crippen molar-refractivity contribution in [2.75, 3.05) is 18.1 Å². The summed E-state index contributed by atoms with van der Waals surface area (Å²) in [6.45, 7) is 0.708. The normalized spacial score (nSPS) is 19.8. The van der Waals surface area contributed by atoms with Gasteiger partial charge in [0.2, 0.25) is 5.91 Å². The second-order valence-corrected chi connectivity index (χ2v) is 5.93. The number of hydrogen-bond acceptors (Lipinski definition) is 2. The molecular formula is C18H17NO2. The Labute approximate surface area is 123 Å². The number of carbonyl (C=O) groups is 1. The maximum atomic E-state index is 12.1. The average molecular weight is 279 g/mol. The number of nitrogens with zero attached hydrogens (tertiary/aromatic N) is 1. The average Bonchev–Trinajstić information content (AvgIpc) is 3.06. The van der Waals surface area contributed by atoms with Crippen LogP contribution in [0.15, 0.2) is 42.5 Å². The van der Waals surface area contributed by atoms with Crippen molar-refractivity contribution in [1.82, 2.24) is 0 Å². The van der Waals surface area contributed by atoms with Crippen LogP contribution in [0.25, 0.3) is 11.1 Å². The van der Waals surface area contributed by atoms with E-state index in [-0.39, 0.29) is 18.4 Å². The molecule has 1 fully saturated rings. The molecular weight excluding hydrogens is 262 g/mol. The fourth-order valence-electron chi connectivity index (χ4n) is 3.45. The van der Waals surface area contributed by atoms with Gasteiger partial charge < -0.3 is 10.0 Å². The molecule has 1 N–H and O–H groups in total. The van der Waals surface area contributed by atoms with Gasteiger partial charge in [0.05, 0.1) is 0 Å². The third-order valence-corrected chi connectivity index (χ3v) is 4.55. The van der Waals surface area contributed by atoms with E-state index in [4.69, 9.17) is 0 Å². The Balaban J connectivity index is 1.69. The van der Waals surface area contributed by atoms with Crippen LogP contribution in [0, 0.1) is 5.92 Å². The predicted molar refractivity (Wildman–Crippen MR) is 82.2 cm³/mol. The van der Waals surface area contributed by atoms with Crippen LogP contribution in [0.1, 0.15) is 17.5 Å². The van der Waals surface area contributed by atoms with Gasteiger partial charge in [0.15, 0.2) is 0 Å². The van der Waals surface area contributed by atoms with E-state index in [9.17, 15) is 9.90 Å². The van der Waals surface area contributed by atoms with Crippen molar-refractivity contribution < 1.29 is 9.90 Å². The molecule has 2 aromatic carbocycles. The molecule has 1 saturated heterocycles. The molecule has 2 aliphatic rings. The molecule has 0 bridgehead atoms. The van der Waals surface area contributed by atoms with Crippen molar-refractivity contribution in [3.8, 4) is 11.1 Å². The lowest BCUT2D eigenvalue weighted by Gasteiger charge is -2.17. The second kappa shape index (κ2) is 4.71. The van der Waals surface area contributed by atoms with Crippen LogP contribution < -0.4 is 4.90 Å². The third-order valence-electron chi connectivity index (χ3n) is 4.55. The molecule has 4 rings (SSSR count). The number of benzene rings is 2. The highest BCUT2D eigenvalue weighted by Gasteiger charge is 2.30. The number of aliphatic hydroxyl groups excluding tert-OH is 1. The molecule has 3 nitrogen and oxygen atoms in total. The molecule has 1 unspecified atom stereocenters. The molecule has 0 saturated carbocycles. The quantitative estimate of drug-likeness (QED) is 0.783. The van der Waals surface area contributed by atoms with Gasteiger partial charge in [-0.2, -0.15) is 0 Å². The van der Waals surface area contributed by atoms with Crippen molar-refractivity contribution in [2.24, 2.45) is 5.92 Å². The summed E-state index contributed by atoms with van der Waals surface area (Å²) in [7, 11) is 0. The van der Waals surface area contributed by atoms with Crippen molar-refractivity contribution >= 4 is 11.6 Å². The van der Waals surface area contributed by atoms with Gasteiger partial charge in [0, 0.05) is 31.2 Å². The Morgan fingerprint density at radius 3 is 2.71 bits per heavy atom.